The van der Waals surface area contributed by atoms with E-state index in [0.29, 0.717) is 11.1 Å². The molecule has 0 aliphatic carbocycles. The maximum absolute atomic E-state index is 10.6. The van der Waals surface area contributed by atoms with Crippen LogP contribution in [-0.2, 0) is 4.79 Å². The fourth-order valence-electron chi connectivity index (χ4n) is 0.947. The molecule has 0 saturated carbocycles. The highest BCUT2D eigenvalue weighted by atomic mass is 16.3. The van der Waals surface area contributed by atoms with E-state index < -0.39 is 5.91 Å². The molecule has 5 nitrogen and oxygen atoms in total. The van der Waals surface area contributed by atoms with Crippen molar-refractivity contribution in [3.05, 3.63) is 23.4 Å². The number of hydrazone groups is 1. The molecule has 0 aromatic carbocycles. The van der Waals surface area contributed by atoms with Gasteiger partial charge in [0.1, 0.15) is 0 Å². The summed E-state index contributed by atoms with van der Waals surface area (Å²) >= 11 is 0. The second kappa shape index (κ2) is 4.42. The van der Waals surface area contributed by atoms with Gasteiger partial charge in [0.05, 0.1) is 19.2 Å². The average Bonchev–Trinajstić information content (AvgIpc) is 2.28. The molecule has 1 heterocycles. The number of nitrogens with two attached hydrogens (primary N) is 1. The van der Waals surface area contributed by atoms with Crippen LogP contribution < -0.4 is 11.2 Å². The molecular weight excluding hydrogens is 170 g/mol. The zero-order valence-corrected chi connectivity index (χ0v) is 7.03. The van der Waals surface area contributed by atoms with E-state index in [4.69, 9.17) is 10.8 Å². The third kappa shape index (κ3) is 3.08. The van der Waals surface area contributed by atoms with E-state index in [1.165, 1.54) is 6.21 Å². The second-order valence-corrected chi connectivity index (χ2v) is 2.63. The van der Waals surface area contributed by atoms with Crippen molar-refractivity contribution < 1.29 is 9.90 Å². The number of hydrogen-bond acceptors (Lipinski definition) is 4. The lowest BCUT2D eigenvalue weighted by atomic mass is 10.1. The molecule has 0 unspecified atom stereocenters. The lowest BCUT2D eigenvalue weighted by Crippen LogP contribution is -2.11. The first-order chi connectivity index (χ1) is 6.22. The van der Waals surface area contributed by atoms with Gasteiger partial charge in [-0.15, -0.1) is 0 Å². The van der Waals surface area contributed by atoms with Gasteiger partial charge >= 0.3 is 0 Å². The van der Waals surface area contributed by atoms with Crippen LogP contribution in [0.2, 0.25) is 0 Å². The number of hydrogen-bond donors (Lipinski definition) is 3. The van der Waals surface area contributed by atoms with Crippen LogP contribution in [0.25, 0.3) is 0 Å². The fraction of sp³-hybridized carbons (Fsp3) is 0.250. The largest absolute Gasteiger partial charge is 0.392 e. The standard InChI is InChI=1S/C8H11N3O2/c9-8(13)2-6-1-7(5-12)4-11-10-3-6/h1,3-4,10,12H,2,5H2,(H2,9,13). The quantitative estimate of drug-likeness (QED) is 0.535. The van der Waals surface area contributed by atoms with Gasteiger partial charge in [-0.05, 0) is 17.2 Å². The smallest absolute Gasteiger partial charge is 0.221 e. The number of rotatable bonds is 3. The summed E-state index contributed by atoms with van der Waals surface area (Å²) in [6, 6.07) is 0. The van der Waals surface area contributed by atoms with Gasteiger partial charge in [-0.3, -0.25) is 10.2 Å². The molecule has 0 aromatic rings. The van der Waals surface area contributed by atoms with E-state index in [1.54, 1.807) is 12.3 Å². The fourth-order valence-corrected chi connectivity index (χ4v) is 0.947. The molecule has 0 radical (unpaired) electrons. The molecule has 4 N–H and O–H groups in total. The van der Waals surface area contributed by atoms with Crippen LogP contribution in [0.15, 0.2) is 28.5 Å². The van der Waals surface area contributed by atoms with Gasteiger partial charge in [-0.2, -0.15) is 5.10 Å². The SMILES string of the molecule is NC(=O)CC1=CNN=CC(CO)=C1. The molecule has 5 heteroatoms. The molecule has 70 valence electrons. The summed E-state index contributed by atoms with van der Waals surface area (Å²) in [5.74, 6) is -0.413. The van der Waals surface area contributed by atoms with Gasteiger partial charge in [-0.25, -0.2) is 0 Å². The third-order valence-corrected chi connectivity index (χ3v) is 1.49. The van der Waals surface area contributed by atoms with Gasteiger partial charge in [-0.1, -0.05) is 0 Å². The molecular formula is C8H11N3O2. The predicted octanol–water partition coefficient (Wildman–Crippen LogP) is -0.747. The van der Waals surface area contributed by atoms with Crippen LogP contribution in [0.5, 0.6) is 0 Å². The number of carbonyl (C=O) groups is 1. The summed E-state index contributed by atoms with van der Waals surface area (Å²) in [7, 11) is 0. The lowest BCUT2D eigenvalue weighted by molar-refractivity contribution is -0.117. The number of amides is 1. The van der Waals surface area contributed by atoms with E-state index in [1.807, 2.05) is 0 Å². The summed E-state index contributed by atoms with van der Waals surface area (Å²) in [6.45, 7) is -0.110. The summed E-state index contributed by atoms with van der Waals surface area (Å²) < 4.78 is 0. The van der Waals surface area contributed by atoms with E-state index in [9.17, 15) is 4.79 Å². The van der Waals surface area contributed by atoms with E-state index in [2.05, 4.69) is 10.5 Å². The zero-order valence-electron chi connectivity index (χ0n) is 7.03. The van der Waals surface area contributed by atoms with Crippen LogP contribution in [0.3, 0.4) is 0 Å². The topological polar surface area (TPSA) is 87.7 Å². The molecule has 0 saturated heterocycles. The Labute approximate surface area is 75.6 Å². The van der Waals surface area contributed by atoms with E-state index in [-0.39, 0.29) is 13.0 Å². The predicted molar refractivity (Wildman–Crippen MR) is 48.7 cm³/mol. The Morgan fingerprint density at radius 1 is 1.62 bits per heavy atom. The van der Waals surface area contributed by atoms with Crippen molar-refractivity contribution in [2.24, 2.45) is 10.8 Å². The van der Waals surface area contributed by atoms with Crippen molar-refractivity contribution in [3.63, 3.8) is 0 Å². The average molecular weight is 181 g/mol. The minimum absolute atomic E-state index is 0.110. The van der Waals surface area contributed by atoms with E-state index >= 15 is 0 Å². The highest BCUT2D eigenvalue weighted by Gasteiger charge is 2.02. The Balaban J connectivity index is 2.74. The summed E-state index contributed by atoms with van der Waals surface area (Å²) in [4.78, 5) is 10.6. The highest BCUT2D eigenvalue weighted by Crippen LogP contribution is 2.06. The van der Waals surface area contributed by atoms with Crippen LogP contribution >= 0.6 is 0 Å². The maximum Gasteiger partial charge on any atom is 0.221 e. The minimum atomic E-state index is -0.413. The molecule has 1 aliphatic heterocycles. The normalized spacial score (nSPS) is 15.5. The van der Waals surface area contributed by atoms with Gasteiger partial charge in [0, 0.05) is 6.20 Å². The molecule has 1 amide bonds. The number of aliphatic hydroxyl groups excluding tert-OH is 1. The van der Waals surface area contributed by atoms with Crippen LogP contribution in [-0.4, -0.2) is 23.8 Å². The zero-order chi connectivity index (χ0) is 9.68. The Bertz CT molecular complexity index is 292. The minimum Gasteiger partial charge on any atom is -0.392 e. The van der Waals surface area contributed by atoms with Crippen molar-refractivity contribution in [2.75, 3.05) is 6.61 Å². The van der Waals surface area contributed by atoms with Crippen molar-refractivity contribution in [1.29, 1.82) is 0 Å². The molecule has 0 fully saturated rings. The summed E-state index contributed by atoms with van der Waals surface area (Å²) in [6.07, 6.45) is 4.88. The maximum atomic E-state index is 10.6. The Morgan fingerprint density at radius 2 is 2.38 bits per heavy atom. The van der Waals surface area contributed by atoms with Gasteiger partial charge < -0.3 is 10.8 Å². The van der Waals surface area contributed by atoms with Gasteiger partial charge in [0.25, 0.3) is 0 Å². The number of nitrogens with one attached hydrogen (secondary N) is 1. The number of allylic oxidation sites excluding steroid dienone is 1. The molecule has 13 heavy (non-hydrogen) atoms. The van der Waals surface area contributed by atoms with Gasteiger partial charge in [0.2, 0.25) is 5.91 Å². The number of carbonyl (C=O) groups excluding carboxylic acids is 1. The van der Waals surface area contributed by atoms with Crippen molar-refractivity contribution in [2.45, 2.75) is 6.42 Å². The summed E-state index contributed by atoms with van der Waals surface area (Å²) in [5.41, 5.74) is 8.96. The first-order valence-electron chi connectivity index (χ1n) is 3.79. The molecule has 1 aliphatic rings. The Morgan fingerprint density at radius 3 is 3.00 bits per heavy atom. The molecule has 0 bridgehead atoms. The Kier molecular flexibility index (Phi) is 3.22. The van der Waals surface area contributed by atoms with Crippen LogP contribution in [0.1, 0.15) is 6.42 Å². The third-order valence-electron chi connectivity index (χ3n) is 1.49. The van der Waals surface area contributed by atoms with Gasteiger partial charge in [0.15, 0.2) is 0 Å². The first-order valence-corrected chi connectivity index (χ1v) is 3.79. The molecule has 0 atom stereocenters. The number of aliphatic hydroxyl groups is 1. The molecule has 0 aromatic heterocycles. The van der Waals surface area contributed by atoms with E-state index in [0.717, 1.165) is 0 Å². The summed E-state index contributed by atoms with van der Waals surface area (Å²) in [5, 5.41) is 12.6. The monoisotopic (exact) mass is 181 g/mol. The molecule has 1 rings (SSSR count). The number of primary amides is 1. The second-order valence-electron chi connectivity index (χ2n) is 2.63. The Hall–Kier alpha value is -1.62. The lowest BCUT2D eigenvalue weighted by Gasteiger charge is -1.97. The number of nitrogens with zero attached hydrogens (tertiary/aromatic N) is 1. The first kappa shape index (κ1) is 9.47. The van der Waals surface area contributed by atoms with Crippen molar-refractivity contribution in [3.8, 4) is 0 Å². The van der Waals surface area contributed by atoms with Crippen molar-refractivity contribution in [1.82, 2.24) is 5.43 Å². The molecule has 0 spiro atoms. The van der Waals surface area contributed by atoms with Crippen molar-refractivity contribution >= 4 is 12.1 Å². The van der Waals surface area contributed by atoms with Crippen LogP contribution in [0, 0.1) is 0 Å². The highest BCUT2D eigenvalue weighted by molar-refractivity contribution is 5.82. The van der Waals surface area contributed by atoms with Crippen LogP contribution in [0.4, 0.5) is 0 Å².